The molecule has 0 atom stereocenters. The lowest BCUT2D eigenvalue weighted by Crippen LogP contribution is -1.70. The van der Waals surface area contributed by atoms with E-state index < -0.39 is 6.86 Å². The second kappa shape index (κ2) is 150. The van der Waals surface area contributed by atoms with Gasteiger partial charge in [-0.1, -0.05) is 72.8 Å². The van der Waals surface area contributed by atoms with Crippen LogP contribution >= 0.6 is 0 Å². The van der Waals surface area contributed by atoms with Crippen LogP contribution in [0.5, 0.6) is 0 Å². The molecule has 0 saturated heterocycles. The number of ether oxygens (including phenoxy) is 1. The predicted molar refractivity (Wildman–Crippen MR) is 87.7 cm³/mol. The number of unbranched alkanes of at least 4 members (excludes halogenated alkanes) is 1. The van der Waals surface area contributed by atoms with Crippen molar-refractivity contribution in [2.45, 2.75) is 79.2 Å². The van der Waals surface area contributed by atoms with Crippen molar-refractivity contribution in [3.8, 4) is 0 Å². The van der Waals surface area contributed by atoms with Gasteiger partial charge in [-0.3, -0.25) is 4.39 Å². The molecule has 0 spiro atoms. The molecule has 0 aliphatic rings. The fraction of sp³-hybridized carbons (Fsp3) is 1.00. The van der Waals surface area contributed by atoms with E-state index in [1.165, 1.54) is 7.11 Å². The van der Waals surface area contributed by atoms with Crippen LogP contribution in [0.3, 0.4) is 0 Å². The van der Waals surface area contributed by atoms with Crippen LogP contribution in [0.15, 0.2) is 0 Å². The lowest BCUT2D eigenvalue weighted by Gasteiger charge is -1.76. The minimum absolute atomic E-state index is 0. The predicted octanol–water partition coefficient (Wildman–Crippen LogP) is 7.40. The molecule has 0 saturated carbocycles. The van der Waals surface area contributed by atoms with E-state index in [2.05, 4.69) is 4.74 Å². The summed E-state index contributed by atoms with van der Waals surface area (Å²) in [4.78, 5) is 0. The van der Waals surface area contributed by atoms with Crippen molar-refractivity contribution < 1.29 is 13.5 Å². The quantitative estimate of drug-likeness (QED) is 0.518. The van der Waals surface area contributed by atoms with Crippen molar-refractivity contribution in [3.63, 3.8) is 0 Å². The molecular formula is C14H46F2O. The first-order valence-electron chi connectivity index (χ1n) is 2.94. The number of hydrogen-bond acceptors (Lipinski definition) is 1. The summed E-state index contributed by atoms with van der Waals surface area (Å²) in [5.74, 6) is 0. The molecule has 17 heavy (non-hydrogen) atoms. The summed E-state index contributed by atoms with van der Waals surface area (Å²) >= 11 is 0. The van der Waals surface area contributed by atoms with Gasteiger partial charge in [-0.2, -0.15) is 0 Å². The highest BCUT2D eigenvalue weighted by atomic mass is 19.1. The second-order valence-electron chi connectivity index (χ2n) is 1.44. The monoisotopic (exact) mass is 268 g/mol. The molecule has 0 fully saturated rings. The van der Waals surface area contributed by atoms with E-state index in [-0.39, 0.29) is 66.1 Å². The maximum Gasteiger partial charge on any atom is 0.187 e. The third-order valence-corrected chi connectivity index (χ3v) is 0.596. The third kappa shape index (κ3) is 380. The maximum absolute atomic E-state index is 11.0. The van der Waals surface area contributed by atoms with Crippen molar-refractivity contribution in [2.75, 3.05) is 20.6 Å². The number of rotatable bonds is 3. The zero-order valence-electron chi connectivity index (χ0n) is 5.99. The van der Waals surface area contributed by atoms with Crippen molar-refractivity contribution in [1.29, 1.82) is 0 Å². The Labute approximate surface area is 114 Å². The van der Waals surface area contributed by atoms with Crippen LogP contribution in [0, 0.1) is 0 Å². The van der Waals surface area contributed by atoms with Gasteiger partial charge in [-0.25, -0.2) is 4.39 Å². The Balaban J connectivity index is -0.00000000494. The molecule has 0 amide bonds. The summed E-state index contributed by atoms with van der Waals surface area (Å²) in [5, 5.41) is 0. The molecule has 1 nitrogen and oxygen atoms in total. The van der Waals surface area contributed by atoms with Crippen LogP contribution in [-0.2, 0) is 4.74 Å². The van der Waals surface area contributed by atoms with E-state index in [4.69, 9.17) is 0 Å². The summed E-state index contributed by atoms with van der Waals surface area (Å²) in [5.41, 5.74) is 0. The molecule has 122 valence electrons. The van der Waals surface area contributed by atoms with Gasteiger partial charge in [0.1, 0.15) is 0 Å². The average Bonchev–Trinajstić information content (AvgIpc) is 1.91. The number of halogens is 2. The molecule has 0 aromatic heterocycles. The smallest absolute Gasteiger partial charge is 0.187 e. The number of methoxy groups -OCH3 is 1. The van der Waals surface area contributed by atoms with Crippen molar-refractivity contribution in [3.05, 3.63) is 0 Å². The minimum atomic E-state index is -0.681. The number of hydrogen-bond donors (Lipinski definition) is 0. The van der Waals surface area contributed by atoms with Gasteiger partial charge < -0.3 is 4.74 Å². The lowest BCUT2D eigenvalue weighted by molar-refractivity contribution is 0.104. The Morgan fingerprint density at radius 3 is 1.00 bits per heavy atom. The molecule has 0 N–H and O–H groups in total. The van der Waals surface area contributed by atoms with Crippen LogP contribution in [-0.4, -0.2) is 20.6 Å². The summed E-state index contributed by atoms with van der Waals surface area (Å²) in [6, 6.07) is 0. The third-order valence-electron chi connectivity index (χ3n) is 0.596. The van der Waals surface area contributed by atoms with Gasteiger partial charge in [-0.05, 0) is 6.42 Å². The van der Waals surface area contributed by atoms with E-state index in [0.29, 0.717) is 0 Å². The van der Waals surface area contributed by atoms with Crippen molar-refractivity contribution in [1.82, 2.24) is 0 Å². The van der Waals surface area contributed by atoms with Gasteiger partial charge in [0.05, 0.1) is 6.67 Å². The molecule has 0 aromatic rings. The summed E-state index contributed by atoms with van der Waals surface area (Å²) in [6.07, 6.45) is 1.69. The van der Waals surface area contributed by atoms with Gasteiger partial charge in [0.25, 0.3) is 0 Å². The van der Waals surface area contributed by atoms with Gasteiger partial charge in [0, 0.05) is 7.11 Å². The second-order valence-corrected chi connectivity index (χ2v) is 1.44. The lowest BCUT2D eigenvalue weighted by atomic mass is 10.4. The average molecular weight is 269 g/mol. The van der Waals surface area contributed by atoms with Crippen LogP contribution in [0.2, 0.25) is 0 Å². The standard InChI is InChI=1S/C4H9F.C2H5FO.8CH4/c1-2-3-4-5;1-4-2-3;;;;;;;;/h2-4H2,1H3;2H2,1H3;8*1H4. The number of alkyl halides is 2. The summed E-state index contributed by atoms with van der Waals surface area (Å²) < 4.78 is 25.4. The van der Waals surface area contributed by atoms with Gasteiger partial charge >= 0.3 is 0 Å². The van der Waals surface area contributed by atoms with Crippen LogP contribution < -0.4 is 0 Å². The SMILES string of the molecule is C.C.C.C.C.C.C.C.CCCCF.COCF. The highest BCUT2D eigenvalue weighted by molar-refractivity contribution is 4.23. The largest absolute Gasteiger partial charge is 0.354 e. The molecule has 0 unspecified atom stereocenters. The molecule has 3 heteroatoms. The molecule has 0 aliphatic carbocycles. The van der Waals surface area contributed by atoms with Gasteiger partial charge in [0.2, 0.25) is 0 Å². The first kappa shape index (κ1) is 90.5. The molecule has 0 rings (SSSR count). The molecule has 0 aliphatic heterocycles. The minimum Gasteiger partial charge on any atom is -0.354 e. The van der Waals surface area contributed by atoms with Crippen LogP contribution in [0.4, 0.5) is 8.78 Å². The first-order valence-corrected chi connectivity index (χ1v) is 2.94. The Hall–Kier alpha value is -0.180. The molecule has 0 radical (unpaired) electrons. The highest BCUT2D eigenvalue weighted by Gasteiger charge is 1.71. The van der Waals surface area contributed by atoms with Gasteiger partial charge in [0.15, 0.2) is 6.86 Å². The Morgan fingerprint density at radius 1 is 0.765 bits per heavy atom. The molecule has 0 aromatic carbocycles. The Morgan fingerprint density at radius 2 is 1.00 bits per heavy atom. The topological polar surface area (TPSA) is 9.23 Å². The molecule has 0 heterocycles. The normalized spacial score (nSPS) is 4.24. The fourth-order valence-electron chi connectivity index (χ4n) is 0.134. The Kier molecular flexibility index (Phi) is 796. The van der Waals surface area contributed by atoms with Crippen LogP contribution in [0.1, 0.15) is 79.2 Å². The van der Waals surface area contributed by atoms with Gasteiger partial charge in [-0.15, -0.1) is 0 Å². The summed E-state index contributed by atoms with van der Waals surface area (Å²) in [6.45, 7) is 1.14. The zero-order valence-corrected chi connectivity index (χ0v) is 5.99. The van der Waals surface area contributed by atoms with E-state index in [0.717, 1.165) is 12.8 Å². The first-order chi connectivity index (χ1) is 4.33. The highest BCUT2D eigenvalue weighted by Crippen LogP contribution is 1.83. The zero-order chi connectivity index (χ0) is 7.54. The van der Waals surface area contributed by atoms with Crippen LogP contribution in [0.25, 0.3) is 0 Å². The Bertz CT molecular complexity index is 33.4. The maximum atomic E-state index is 11.0. The molecule has 0 bridgehead atoms. The van der Waals surface area contributed by atoms with Crippen molar-refractivity contribution >= 4 is 0 Å². The fourth-order valence-corrected chi connectivity index (χ4v) is 0.134. The van der Waals surface area contributed by atoms with E-state index in [1.807, 2.05) is 6.92 Å². The van der Waals surface area contributed by atoms with E-state index >= 15 is 0 Å². The van der Waals surface area contributed by atoms with E-state index in [9.17, 15) is 8.78 Å². The molecular weight excluding hydrogens is 222 g/mol. The van der Waals surface area contributed by atoms with Crippen molar-refractivity contribution in [2.24, 2.45) is 0 Å². The summed E-state index contributed by atoms with van der Waals surface area (Å²) in [7, 11) is 1.31. The van der Waals surface area contributed by atoms with E-state index in [1.54, 1.807) is 0 Å².